The largest absolute Gasteiger partial charge is 0.481 e. The number of rotatable bonds is 5. The first-order valence-electron chi connectivity index (χ1n) is 8.56. The summed E-state index contributed by atoms with van der Waals surface area (Å²) in [6.07, 6.45) is 1.38. The summed E-state index contributed by atoms with van der Waals surface area (Å²) in [5, 5.41) is 21.7. The molecule has 1 amide bonds. The zero-order valence-electron chi connectivity index (χ0n) is 14.3. The van der Waals surface area contributed by atoms with Crippen molar-refractivity contribution in [2.75, 3.05) is 0 Å². The molecule has 0 fully saturated rings. The lowest BCUT2D eigenvalue weighted by molar-refractivity contribution is -0.137. The third-order valence-corrected chi connectivity index (χ3v) is 4.61. The molecule has 134 valence electrons. The number of benzene rings is 3. The molecule has 0 aliphatic carbocycles. The quantitative estimate of drug-likeness (QED) is 0.507. The number of carboxylic acid groups (broad SMARTS) is 1. The minimum Gasteiger partial charge on any atom is -0.481 e. The van der Waals surface area contributed by atoms with Gasteiger partial charge in [-0.2, -0.15) is 5.10 Å². The SMILES string of the molecule is O=C(O)C[C@@H](NC(=O)c1cccc2[nH]ncc12)c1cccc2ccccc12. The highest BCUT2D eigenvalue weighted by Gasteiger charge is 2.22. The number of carbonyl (C=O) groups is 2. The van der Waals surface area contributed by atoms with Gasteiger partial charge in [0.1, 0.15) is 0 Å². The van der Waals surface area contributed by atoms with Crippen molar-refractivity contribution in [1.29, 1.82) is 0 Å². The van der Waals surface area contributed by atoms with Crippen LogP contribution in [0, 0.1) is 0 Å². The summed E-state index contributed by atoms with van der Waals surface area (Å²) < 4.78 is 0. The Bertz CT molecular complexity index is 1140. The summed E-state index contributed by atoms with van der Waals surface area (Å²) in [5.74, 6) is -1.31. The van der Waals surface area contributed by atoms with Gasteiger partial charge in [0, 0.05) is 5.39 Å². The number of carbonyl (C=O) groups excluding carboxylic acids is 1. The molecule has 3 aromatic carbocycles. The molecule has 0 unspecified atom stereocenters. The van der Waals surface area contributed by atoms with Crippen molar-refractivity contribution in [1.82, 2.24) is 15.5 Å². The fourth-order valence-electron chi connectivity index (χ4n) is 3.37. The maximum Gasteiger partial charge on any atom is 0.305 e. The molecule has 27 heavy (non-hydrogen) atoms. The zero-order valence-corrected chi connectivity index (χ0v) is 14.3. The Morgan fingerprint density at radius 1 is 1.00 bits per heavy atom. The molecule has 1 atom stereocenters. The first-order chi connectivity index (χ1) is 13.1. The van der Waals surface area contributed by atoms with E-state index in [9.17, 15) is 14.7 Å². The molecular weight excluding hydrogens is 342 g/mol. The van der Waals surface area contributed by atoms with E-state index >= 15 is 0 Å². The molecular formula is C21H17N3O3. The van der Waals surface area contributed by atoms with E-state index in [2.05, 4.69) is 15.5 Å². The standard InChI is InChI=1S/C21H17N3O3/c25-20(26)11-19(15-8-3-6-13-5-1-2-7-14(13)15)23-21(27)16-9-4-10-18-17(16)12-22-24-18/h1-10,12,19H,11H2,(H,22,24)(H,23,27)(H,25,26)/t19-/m1/s1. The summed E-state index contributed by atoms with van der Waals surface area (Å²) in [7, 11) is 0. The fourth-order valence-corrected chi connectivity index (χ4v) is 3.37. The maximum absolute atomic E-state index is 12.9. The van der Waals surface area contributed by atoms with Crippen molar-refractivity contribution in [3.63, 3.8) is 0 Å². The molecule has 6 nitrogen and oxygen atoms in total. The lowest BCUT2D eigenvalue weighted by atomic mass is 9.96. The highest BCUT2D eigenvalue weighted by Crippen LogP contribution is 2.27. The Morgan fingerprint density at radius 2 is 1.78 bits per heavy atom. The van der Waals surface area contributed by atoms with Crippen molar-refractivity contribution >= 4 is 33.6 Å². The summed E-state index contributed by atoms with van der Waals surface area (Å²) in [4.78, 5) is 24.4. The monoisotopic (exact) mass is 359 g/mol. The first-order valence-corrected chi connectivity index (χ1v) is 8.56. The van der Waals surface area contributed by atoms with Gasteiger partial charge in [-0.3, -0.25) is 14.7 Å². The Kier molecular flexibility index (Phi) is 4.30. The second-order valence-corrected chi connectivity index (χ2v) is 6.33. The van der Waals surface area contributed by atoms with Crippen LogP contribution in [-0.4, -0.2) is 27.2 Å². The van der Waals surface area contributed by atoms with Gasteiger partial charge in [-0.05, 0) is 28.5 Å². The van der Waals surface area contributed by atoms with Gasteiger partial charge in [-0.1, -0.05) is 48.5 Å². The van der Waals surface area contributed by atoms with Crippen LogP contribution in [0.2, 0.25) is 0 Å². The minimum atomic E-state index is -0.977. The molecule has 0 spiro atoms. The Morgan fingerprint density at radius 3 is 2.63 bits per heavy atom. The van der Waals surface area contributed by atoms with E-state index in [-0.39, 0.29) is 12.3 Å². The Labute approximate surface area is 154 Å². The number of aromatic amines is 1. The van der Waals surface area contributed by atoms with Gasteiger partial charge in [0.25, 0.3) is 5.91 Å². The number of hydrogen-bond acceptors (Lipinski definition) is 3. The molecule has 3 N–H and O–H groups in total. The normalized spacial score (nSPS) is 12.1. The number of carboxylic acids is 1. The first kappa shape index (κ1) is 16.8. The van der Waals surface area contributed by atoms with Crippen LogP contribution < -0.4 is 5.32 Å². The van der Waals surface area contributed by atoms with Crippen LogP contribution in [0.25, 0.3) is 21.7 Å². The van der Waals surface area contributed by atoms with E-state index in [1.165, 1.54) is 0 Å². The molecule has 1 heterocycles. The van der Waals surface area contributed by atoms with Crippen molar-refractivity contribution in [3.8, 4) is 0 Å². The van der Waals surface area contributed by atoms with E-state index in [4.69, 9.17) is 0 Å². The van der Waals surface area contributed by atoms with Crippen LogP contribution in [0.3, 0.4) is 0 Å². The predicted molar refractivity (Wildman–Crippen MR) is 103 cm³/mol. The Hall–Kier alpha value is -3.67. The number of fused-ring (bicyclic) bond motifs is 2. The third kappa shape index (κ3) is 3.25. The lowest BCUT2D eigenvalue weighted by Crippen LogP contribution is -2.30. The second-order valence-electron chi connectivity index (χ2n) is 6.33. The molecule has 6 heteroatoms. The van der Waals surface area contributed by atoms with E-state index in [0.717, 1.165) is 21.9 Å². The molecule has 1 aromatic heterocycles. The van der Waals surface area contributed by atoms with Crippen LogP contribution in [0.4, 0.5) is 0 Å². The number of amides is 1. The van der Waals surface area contributed by atoms with E-state index in [1.807, 2.05) is 48.5 Å². The van der Waals surface area contributed by atoms with Gasteiger partial charge in [0.15, 0.2) is 0 Å². The van der Waals surface area contributed by atoms with Crippen LogP contribution in [-0.2, 0) is 4.79 Å². The predicted octanol–water partition coefficient (Wildman–Crippen LogP) is 3.66. The van der Waals surface area contributed by atoms with Crippen LogP contribution >= 0.6 is 0 Å². The highest BCUT2D eigenvalue weighted by molar-refractivity contribution is 6.06. The van der Waals surface area contributed by atoms with Gasteiger partial charge in [0.2, 0.25) is 0 Å². The van der Waals surface area contributed by atoms with Crippen LogP contribution in [0.1, 0.15) is 28.4 Å². The summed E-state index contributed by atoms with van der Waals surface area (Å²) in [6.45, 7) is 0. The summed E-state index contributed by atoms with van der Waals surface area (Å²) in [6, 6.07) is 18.1. The number of H-pyrrole nitrogens is 1. The van der Waals surface area contributed by atoms with Crippen molar-refractivity contribution in [2.45, 2.75) is 12.5 Å². The molecule has 0 aliphatic heterocycles. The topological polar surface area (TPSA) is 95.1 Å². The molecule has 0 saturated carbocycles. The molecule has 4 rings (SSSR count). The van der Waals surface area contributed by atoms with Crippen LogP contribution in [0.15, 0.2) is 66.9 Å². The summed E-state index contributed by atoms with van der Waals surface area (Å²) >= 11 is 0. The van der Waals surface area contributed by atoms with E-state index in [1.54, 1.807) is 18.3 Å². The average Bonchev–Trinajstić information content (AvgIpc) is 3.15. The fraction of sp³-hybridized carbons (Fsp3) is 0.0952. The van der Waals surface area contributed by atoms with Crippen molar-refractivity contribution in [3.05, 3.63) is 78.0 Å². The molecule has 0 bridgehead atoms. The molecule has 0 aliphatic rings. The van der Waals surface area contributed by atoms with Gasteiger partial charge in [0.05, 0.1) is 29.7 Å². The number of aliphatic carboxylic acids is 1. The third-order valence-electron chi connectivity index (χ3n) is 4.61. The van der Waals surface area contributed by atoms with Crippen molar-refractivity contribution < 1.29 is 14.7 Å². The van der Waals surface area contributed by atoms with Crippen LogP contribution in [0.5, 0.6) is 0 Å². The second kappa shape index (κ2) is 6.92. The minimum absolute atomic E-state index is 0.207. The number of aromatic nitrogens is 2. The smallest absolute Gasteiger partial charge is 0.305 e. The van der Waals surface area contributed by atoms with Crippen molar-refractivity contribution in [2.24, 2.45) is 0 Å². The van der Waals surface area contributed by atoms with Gasteiger partial charge >= 0.3 is 5.97 Å². The van der Waals surface area contributed by atoms with Gasteiger partial charge < -0.3 is 10.4 Å². The molecule has 0 saturated heterocycles. The van der Waals surface area contributed by atoms with E-state index in [0.29, 0.717) is 10.9 Å². The maximum atomic E-state index is 12.9. The summed E-state index contributed by atoms with van der Waals surface area (Å²) in [5.41, 5.74) is 1.99. The number of nitrogens with zero attached hydrogens (tertiary/aromatic N) is 1. The Balaban J connectivity index is 1.73. The number of hydrogen-bond donors (Lipinski definition) is 3. The van der Waals surface area contributed by atoms with Gasteiger partial charge in [-0.15, -0.1) is 0 Å². The molecule has 4 aromatic rings. The number of nitrogens with one attached hydrogen (secondary N) is 2. The highest BCUT2D eigenvalue weighted by atomic mass is 16.4. The average molecular weight is 359 g/mol. The molecule has 0 radical (unpaired) electrons. The zero-order chi connectivity index (χ0) is 18.8. The lowest BCUT2D eigenvalue weighted by Gasteiger charge is -2.19. The van der Waals surface area contributed by atoms with E-state index < -0.39 is 12.0 Å². The van der Waals surface area contributed by atoms with Gasteiger partial charge in [-0.25, -0.2) is 0 Å².